The summed E-state index contributed by atoms with van der Waals surface area (Å²) >= 11 is 0.915. The summed E-state index contributed by atoms with van der Waals surface area (Å²) in [6.07, 6.45) is -1.38. The molecule has 0 saturated carbocycles. The molecule has 0 aliphatic carbocycles. The van der Waals surface area contributed by atoms with Crippen LogP contribution in [-0.4, -0.2) is 36.6 Å². The Morgan fingerprint density at radius 3 is 2.86 bits per heavy atom. The van der Waals surface area contributed by atoms with Crippen molar-refractivity contribution in [1.82, 2.24) is 10.3 Å². The Morgan fingerprint density at radius 1 is 1.50 bits per heavy atom. The first-order valence-electron chi connectivity index (χ1n) is 6.22. The second kappa shape index (κ2) is 6.75. The number of nitrogens with one attached hydrogen (secondary N) is 1. The summed E-state index contributed by atoms with van der Waals surface area (Å²) in [7, 11) is 1.19. The van der Waals surface area contributed by atoms with E-state index < -0.39 is 24.3 Å². The fourth-order valence-corrected chi connectivity index (χ4v) is 2.81. The normalized spacial score (nSPS) is 12.4. The number of carbonyl (C=O) groups is 2. The molecule has 2 aromatic heterocycles. The number of nitrogens with zero attached hydrogens (tertiary/aromatic N) is 1. The SMILES string of the molecule is COC(=O)[C@H](N)CNC(=O)c1cc2nccc(C(F)F)c2s1. The van der Waals surface area contributed by atoms with Crippen LogP contribution in [0.1, 0.15) is 21.7 Å². The molecule has 0 aliphatic rings. The first kappa shape index (κ1) is 16.2. The van der Waals surface area contributed by atoms with E-state index in [1.165, 1.54) is 25.4 Å². The van der Waals surface area contributed by atoms with E-state index in [1.54, 1.807) is 0 Å². The minimum absolute atomic E-state index is 0.116. The highest BCUT2D eigenvalue weighted by Crippen LogP contribution is 2.32. The van der Waals surface area contributed by atoms with E-state index in [0.29, 0.717) is 5.52 Å². The molecular formula is C13H13F2N3O3S. The van der Waals surface area contributed by atoms with Crippen LogP contribution in [0, 0.1) is 0 Å². The van der Waals surface area contributed by atoms with Gasteiger partial charge in [0.15, 0.2) is 0 Å². The Hall–Kier alpha value is -2.13. The summed E-state index contributed by atoms with van der Waals surface area (Å²) in [6.45, 7) is -0.116. The van der Waals surface area contributed by atoms with E-state index in [4.69, 9.17) is 5.73 Å². The minimum Gasteiger partial charge on any atom is -0.468 e. The maximum atomic E-state index is 12.9. The Labute approximate surface area is 128 Å². The summed E-state index contributed by atoms with van der Waals surface area (Å²) < 4.78 is 30.5. The average molecular weight is 329 g/mol. The summed E-state index contributed by atoms with van der Waals surface area (Å²) in [5.41, 5.74) is 5.65. The third-order valence-electron chi connectivity index (χ3n) is 2.89. The summed E-state index contributed by atoms with van der Waals surface area (Å²) in [5, 5.41) is 2.45. The van der Waals surface area contributed by atoms with Crippen molar-refractivity contribution >= 4 is 33.4 Å². The highest BCUT2D eigenvalue weighted by Gasteiger charge is 2.19. The molecule has 0 bridgehead atoms. The first-order chi connectivity index (χ1) is 10.4. The lowest BCUT2D eigenvalue weighted by Gasteiger charge is -2.09. The van der Waals surface area contributed by atoms with Gasteiger partial charge >= 0.3 is 5.97 Å². The fraction of sp³-hybridized carbons (Fsp3) is 0.308. The standard InChI is InChI=1S/C13H13F2N3O3S/c1-21-13(20)7(16)5-18-12(19)9-4-8-10(22-9)6(11(14)15)2-3-17-8/h2-4,7,11H,5,16H2,1H3,(H,18,19)/t7-/m1/s1. The lowest BCUT2D eigenvalue weighted by Crippen LogP contribution is -2.42. The molecule has 2 aromatic rings. The Morgan fingerprint density at radius 2 is 2.23 bits per heavy atom. The van der Waals surface area contributed by atoms with Gasteiger partial charge in [0.05, 0.1) is 22.2 Å². The van der Waals surface area contributed by atoms with Gasteiger partial charge in [0, 0.05) is 18.3 Å². The van der Waals surface area contributed by atoms with Crippen LogP contribution in [0.15, 0.2) is 18.3 Å². The molecule has 0 spiro atoms. The van der Waals surface area contributed by atoms with Gasteiger partial charge in [0.25, 0.3) is 12.3 Å². The number of hydrogen-bond acceptors (Lipinski definition) is 6. The molecule has 0 saturated heterocycles. The number of fused-ring (bicyclic) bond motifs is 1. The van der Waals surface area contributed by atoms with Gasteiger partial charge in [-0.3, -0.25) is 14.6 Å². The van der Waals surface area contributed by atoms with Crippen LogP contribution in [0.3, 0.4) is 0 Å². The third kappa shape index (κ3) is 3.37. The van der Waals surface area contributed by atoms with Crippen molar-refractivity contribution in [3.63, 3.8) is 0 Å². The van der Waals surface area contributed by atoms with Crippen molar-refractivity contribution in [3.05, 3.63) is 28.8 Å². The molecule has 1 atom stereocenters. The number of rotatable bonds is 5. The van der Waals surface area contributed by atoms with Gasteiger partial charge in [-0.1, -0.05) is 0 Å². The quantitative estimate of drug-likeness (QED) is 0.810. The minimum atomic E-state index is -2.65. The lowest BCUT2D eigenvalue weighted by atomic mass is 10.2. The van der Waals surface area contributed by atoms with E-state index in [9.17, 15) is 18.4 Å². The van der Waals surface area contributed by atoms with E-state index in [-0.39, 0.29) is 21.7 Å². The van der Waals surface area contributed by atoms with Gasteiger partial charge in [-0.25, -0.2) is 8.78 Å². The topological polar surface area (TPSA) is 94.3 Å². The number of nitrogens with two attached hydrogens (primary N) is 1. The largest absolute Gasteiger partial charge is 0.468 e. The van der Waals surface area contributed by atoms with Crippen molar-refractivity contribution in [2.45, 2.75) is 12.5 Å². The van der Waals surface area contributed by atoms with Crippen molar-refractivity contribution in [3.8, 4) is 0 Å². The molecule has 1 amide bonds. The highest BCUT2D eigenvalue weighted by atomic mass is 32.1. The summed E-state index contributed by atoms with van der Waals surface area (Å²) in [6, 6.07) is 1.65. The zero-order valence-electron chi connectivity index (χ0n) is 11.5. The van der Waals surface area contributed by atoms with Crippen LogP contribution in [0.5, 0.6) is 0 Å². The van der Waals surface area contributed by atoms with E-state index in [2.05, 4.69) is 15.0 Å². The average Bonchev–Trinajstić information content (AvgIpc) is 2.95. The van der Waals surface area contributed by atoms with Gasteiger partial charge in [-0.2, -0.15) is 0 Å². The zero-order chi connectivity index (χ0) is 16.3. The second-order valence-corrected chi connectivity index (χ2v) is 5.42. The van der Waals surface area contributed by atoms with E-state index in [1.807, 2.05) is 0 Å². The number of alkyl halides is 2. The van der Waals surface area contributed by atoms with Gasteiger partial charge in [0.2, 0.25) is 0 Å². The molecule has 118 valence electrons. The summed E-state index contributed by atoms with van der Waals surface area (Å²) in [5.74, 6) is -1.17. The number of thiophene rings is 1. The van der Waals surface area contributed by atoms with E-state index >= 15 is 0 Å². The maximum Gasteiger partial charge on any atom is 0.324 e. The van der Waals surface area contributed by atoms with Gasteiger partial charge < -0.3 is 15.8 Å². The number of aromatic nitrogens is 1. The van der Waals surface area contributed by atoms with Crippen molar-refractivity contribution in [1.29, 1.82) is 0 Å². The number of esters is 1. The van der Waals surface area contributed by atoms with Crippen LogP contribution in [0.2, 0.25) is 0 Å². The number of halogens is 2. The molecule has 3 N–H and O–H groups in total. The summed E-state index contributed by atoms with van der Waals surface area (Å²) in [4.78, 5) is 27.3. The van der Waals surface area contributed by atoms with Crippen molar-refractivity contribution < 1.29 is 23.1 Å². The zero-order valence-corrected chi connectivity index (χ0v) is 12.3. The lowest BCUT2D eigenvalue weighted by molar-refractivity contribution is -0.141. The van der Waals surface area contributed by atoms with Crippen LogP contribution in [0.4, 0.5) is 8.78 Å². The van der Waals surface area contributed by atoms with Crippen LogP contribution in [-0.2, 0) is 9.53 Å². The predicted molar refractivity (Wildman–Crippen MR) is 76.9 cm³/mol. The van der Waals surface area contributed by atoms with Gasteiger partial charge in [-0.15, -0.1) is 11.3 Å². The van der Waals surface area contributed by atoms with E-state index in [0.717, 1.165) is 11.3 Å². The van der Waals surface area contributed by atoms with Gasteiger partial charge in [0.1, 0.15) is 6.04 Å². The fourth-order valence-electron chi connectivity index (χ4n) is 1.77. The number of ether oxygens (including phenoxy) is 1. The van der Waals surface area contributed by atoms with Crippen LogP contribution in [0.25, 0.3) is 10.2 Å². The molecule has 2 heterocycles. The second-order valence-electron chi connectivity index (χ2n) is 4.37. The molecule has 6 nitrogen and oxygen atoms in total. The Balaban J connectivity index is 2.16. The monoisotopic (exact) mass is 329 g/mol. The van der Waals surface area contributed by atoms with Gasteiger partial charge in [-0.05, 0) is 12.1 Å². The molecular weight excluding hydrogens is 316 g/mol. The molecule has 0 aromatic carbocycles. The molecule has 0 aliphatic heterocycles. The smallest absolute Gasteiger partial charge is 0.324 e. The van der Waals surface area contributed by atoms with Crippen molar-refractivity contribution in [2.24, 2.45) is 5.73 Å². The maximum absolute atomic E-state index is 12.9. The number of amides is 1. The molecule has 2 rings (SSSR count). The highest BCUT2D eigenvalue weighted by molar-refractivity contribution is 7.21. The first-order valence-corrected chi connectivity index (χ1v) is 7.04. The Bertz CT molecular complexity index is 705. The number of hydrogen-bond donors (Lipinski definition) is 2. The number of carbonyl (C=O) groups excluding carboxylic acids is 2. The molecule has 0 unspecified atom stereocenters. The molecule has 0 radical (unpaired) electrons. The van der Waals surface area contributed by atoms with Crippen LogP contribution >= 0.6 is 11.3 Å². The van der Waals surface area contributed by atoms with Crippen molar-refractivity contribution in [2.75, 3.05) is 13.7 Å². The third-order valence-corrected chi connectivity index (χ3v) is 4.06. The molecule has 22 heavy (non-hydrogen) atoms. The number of methoxy groups -OCH3 is 1. The molecule has 0 fully saturated rings. The predicted octanol–water partition coefficient (Wildman–Crippen LogP) is 1.46. The molecule has 9 heteroatoms. The van der Waals surface area contributed by atoms with Crippen LogP contribution < -0.4 is 11.1 Å². The Kier molecular flexibility index (Phi) is 4.99. The number of pyridine rings is 1.